The zero-order valence-electron chi connectivity index (χ0n) is 29.2. The number of amides is 3. The second-order valence-electron chi connectivity index (χ2n) is 12.9. The number of anilines is 2. The molecule has 1 aliphatic rings. The average Bonchev–Trinajstić information content (AvgIpc) is 3.19. The lowest BCUT2D eigenvalue weighted by Crippen LogP contribution is -2.29. The molecule has 0 radical (unpaired) electrons. The van der Waals surface area contributed by atoms with Crippen LogP contribution in [0.4, 0.5) is 24.5 Å². The van der Waals surface area contributed by atoms with Gasteiger partial charge in [-0.15, -0.1) is 0 Å². The predicted octanol–water partition coefficient (Wildman–Crippen LogP) is 7.65. The van der Waals surface area contributed by atoms with E-state index in [1.54, 1.807) is 54.5 Å². The maximum Gasteiger partial charge on any atom is 0.416 e. The van der Waals surface area contributed by atoms with Crippen molar-refractivity contribution >= 4 is 29.1 Å². The van der Waals surface area contributed by atoms with Crippen LogP contribution in [0.5, 0.6) is 0 Å². The Balaban J connectivity index is 1.22. The molecule has 9 nitrogen and oxygen atoms in total. The third-order valence-electron chi connectivity index (χ3n) is 9.13. The topological polar surface area (TPSA) is 108 Å². The van der Waals surface area contributed by atoms with E-state index < -0.39 is 23.6 Å². The largest absolute Gasteiger partial charge is 0.416 e. The molecule has 0 spiro atoms. The Labute approximate surface area is 305 Å². The van der Waals surface area contributed by atoms with Gasteiger partial charge in [-0.2, -0.15) is 13.2 Å². The minimum Gasteiger partial charge on any atom is -0.372 e. The van der Waals surface area contributed by atoms with Crippen LogP contribution < -0.4 is 15.5 Å². The van der Waals surface area contributed by atoms with Crippen LogP contribution in [0.25, 0.3) is 11.3 Å². The monoisotopic (exact) mass is 720 g/mol. The molecule has 6 rings (SSSR count). The van der Waals surface area contributed by atoms with Gasteiger partial charge in [0.15, 0.2) is 0 Å². The number of aromatic nitrogens is 2. The second kappa shape index (κ2) is 16.5. The van der Waals surface area contributed by atoms with Crippen LogP contribution in [0.15, 0.2) is 109 Å². The average molecular weight is 721 g/mol. The van der Waals surface area contributed by atoms with Gasteiger partial charge in [0, 0.05) is 85.7 Å². The SMILES string of the molecule is CN(CCc1ccccn1)C(=O)c1cccc(C(=O)Nc2ccc(N3CCCCC3)cc2-c2cc(C(=O)NCc3cccc(C(F)(F)F)c3)ccn2)c1. The third-order valence-corrected chi connectivity index (χ3v) is 9.13. The Morgan fingerprint density at radius 2 is 1.55 bits per heavy atom. The zero-order valence-corrected chi connectivity index (χ0v) is 29.2. The van der Waals surface area contributed by atoms with Crippen molar-refractivity contribution < 1.29 is 27.6 Å². The fourth-order valence-electron chi connectivity index (χ4n) is 6.20. The molecule has 0 bridgehead atoms. The summed E-state index contributed by atoms with van der Waals surface area (Å²) < 4.78 is 39.6. The number of hydrogen-bond acceptors (Lipinski definition) is 6. The van der Waals surface area contributed by atoms with Gasteiger partial charge in [0.05, 0.1) is 16.9 Å². The van der Waals surface area contributed by atoms with E-state index >= 15 is 0 Å². The van der Waals surface area contributed by atoms with Crippen LogP contribution in [0.2, 0.25) is 0 Å². The van der Waals surface area contributed by atoms with Crippen LogP contribution in [0, 0.1) is 0 Å². The molecule has 3 aromatic carbocycles. The molecule has 12 heteroatoms. The summed E-state index contributed by atoms with van der Waals surface area (Å²) in [5.74, 6) is -1.15. The minimum atomic E-state index is -4.49. The fourth-order valence-corrected chi connectivity index (χ4v) is 6.20. The molecule has 5 aromatic rings. The van der Waals surface area contributed by atoms with Gasteiger partial charge in [-0.25, -0.2) is 0 Å². The quantitative estimate of drug-likeness (QED) is 0.145. The molecule has 1 fully saturated rings. The summed E-state index contributed by atoms with van der Waals surface area (Å²) in [5.41, 5.74) is 3.70. The number of benzene rings is 3. The number of alkyl halides is 3. The highest BCUT2D eigenvalue weighted by Crippen LogP contribution is 2.33. The van der Waals surface area contributed by atoms with Crippen molar-refractivity contribution in [1.82, 2.24) is 20.2 Å². The lowest BCUT2D eigenvalue weighted by atomic mass is 10.0. The molecular weight excluding hydrogens is 681 g/mol. The summed E-state index contributed by atoms with van der Waals surface area (Å²) in [7, 11) is 1.71. The highest BCUT2D eigenvalue weighted by molar-refractivity contribution is 6.08. The van der Waals surface area contributed by atoms with E-state index in [0.717, 1.165) is 55.9 Å². The van der Waals surface area contributed by atoms with Crippen LogP contribution in [0.1, 0.15) is 67.2 Å². The van der Waals surface area contributed by atoms with Gasteiger partial charge in [0.25, 0.3) is 17.7 Å². The Hall–Kier alpha value is -6.04. The molecule has 2 aromatic heterocycles. The number of nitrogens with zero attached hydrogens (tertiary/aromatic N) is 4. The molecule has 0 atom stereocenters. The van der Waals surface area contributed by atoms with Gasteiger partial charge in [-0.05, 0) is 97.6 Å². The van der Waals surface area contributed by atoms with Gasteiger partial charge in [-0.3, -0.25) is 24.4 Å². The first-order valence-electron chi connectivity index (χ1n) is 17.4. The molecule has 0 unspecified atom stereocenters. The van der Waals surface area contributed by atoms with E-state index in [4.69, 9.17) is 0 Å². The molecule has 1 aliphatic heterocycles. The van der Waals surface area contributed by atoms with Crippen molar-refractivity contribution in [3.63, 3.8) is 0 Å². The van der Waals surface area contributed by atoms with E-state index in [-0.39, 0.29) is 23.6 Å². The summed E-state index contributed by atoms with van der Waals surface area (Å²) >= 11 is 0. The third kappa shape index (κ3) is 9.45. The number of carbonyl (C=O) groups excluding carboxylic acids is 3. The summed E-state index contributed by atoms with van der Waals surface area (Å²) in [5, 5.41) is 5.68. The minimum absolute atomic E-state index is 0.103. The molecule has 272 valence electrons. The first-order chi connectivity index (χ1) is 25.5. The van der Waals surface area contributed by atoms with E-state index in [1.807, 2.05) is 30.3 Å². The Morgan fingerprint density at radius 1 is 0.774 bits per heavy atom. The van der Waals surface area contributed by atoms with Gasteiger partial charge in [0.1, 0.15) is 0 Å². The van der Waals surface area contributed by atoms with Crippen molar-refractivity contribution in [2.24, 2.45) is 0 Å². The molecule has 0 aliphatic carbocycles. The molecule has 1 saturated heterocycles. The van der Waals surface area contributed by atoms with Crippen molar-refractivity contribution in [2.75, 3.05) is 36.9 Å². The van der Waals surface area contributed by atoms with E-state index in [9.17, 15) is 27.6 Å². The molecule has 2 N–H and O–H groups in total. The van der Waals surface area contributed by atoms with Crippen LogP contribution in [0.3, 0.4) is 0 Å². The number of pyridine rings is 2. The fraction of sp³-hybridized carbons (Fsp3) is 0.244. The Morgan fingerprint density at radius 3 is 2.32 bits per heavy atom. The summed E-state index contributed by atoms with van der Waals surface area (Å²) in [6.45, 7) is 2.11. The molecule has 0 saturated carbocycles. The standard InChI is InChI=1S/C41H39F3N6O3/c1-49(22-17-33-13-3-4-18-45-33)40(53)31-11-8-10-29(24-31)39(52)48-36-15-14-34(50-20-5-2-6-21-50)26-35(36)37-25-30(16-19-46-37)38(51)47-27-28-9-7-12-32(23-28)41(42,43)44/h3-4,7-16,18-19,23-26H,2,5-6,17,20-22,27H2,1H3,(H,47,51)(H,48,52). The smallest absolute Gasteiger partial charge is 0.372 e. The van der Waals surface area contributed by atoms with Crippen LogP contribution >= 0.6 is 0 Å². The summed E-state index contributed by atoms with van der Waals surface area (Å²) in [4.78, 5) is 52.9. The van der Waals surface area contributed by atoms with E-state index in [1.165, 1.54) is 24.4 Å². The lowest BCUT2D eigenvalue weighted by Gasteiger charge is -2.29. The van der Waals surface area contributed by atoms with Gasteiger partial charge in [-0.1, -0.05) is 24.3 Å². The number of halogens is 3. The number of rotatable bonds is 11. The summed E-state index contributed by atoms with van der Waals surface area (Å²) in [6.07, 6.45) is 2.55. The first-order valence-corrected chi connectivity index (χ1v) is 17.4. The maximum atomic E-state index is 13.7. The van der Waals surface area contributed by atoms with Crippen molar-refractivity contribution in [1.29, 1.82) is 0 Å². The van der Waals surface area contributed by atoms with Gasteiger partial charge >= 0.3 is 6.18 Å². The number of carbonyl (C=O) groups is 3. The number of piperidine rings is 1. The normalized spacial score (nSPS) is 12.9. The molecule has 3 heterocycles. The predicted molar refractivity (Wildman–Crippen MR) is 198 cm³/mol. The van der Waals surface area contributed by atoms with Crippen LogP contribution in [-0.2, 0) is 19.1 Å². The number of nitrogens with one attached hydrogen (secondary N) is 2. The van der Waals surface area contributed by atoms with Gasteiger partial charge in [0.2, 0.25) is 0 Å². The van der Waals surface area contributed by atoms with E-state index in [2.05, 4.69) is 25.5 Å². The number of likely N-dealkylation sites (N-methyl/N-ethyl adjacent to an activating group) is 1. The van der Waals surface area contributed by atoms with Crippen LogP contribution in [-0.4, -0.2) is 59.3 Å². The van der Waals surface area contributed by atoms with Crippen molar-refractivity contribution in [3.8, 4) is 11.3 Å². The number of hydrogen-bond donors (Lipinski definition) is 2. The van der Waals surface area contributed by atoms with Crippen molar-refractivity contribution in [3.05, 3.63) is 143 Å². The maximum absolute atomic E-state index is 13.7. The Kier molecular flexibility index (Phi) is 11.5. The Bertz CT molecular complexity index is 2080. The second-order valence-corrected chi connectivity index (χ2v) is 12.9. The molecule has 3 amide bonds. The van der Waals surface area contributed by atoms with Crippen molar-refractivity contribution in [2.45, 2.75) is 38.4 Å². The molecule has 53 heavy (non-hydrogen) atoms. The summed E-state index contributed by atoms with van der Waals surface area (Å²) in [6, 6.07) is 25.8. The first kappa shape index (κ1) is 36.7. The highest BCUT2D eigenvalue weighted by Gasteiger charge is 2.30. The van der Waals surface area contributed by atoms with Gasteiger partial charge < -0.3 is 20.4 Å². The zero-order chi connectivity index (χ0) is 37.4. The molecular formula is C41H39F3N6O3. The highest BCUT2D eigenvalue weighted by atomic mass is 19.4. The lowest BCUT2D eigenvalue weighted by molar-refractivity contribution is -0.137. The van der Waals surface area contributed by atoms with E-state index in [0.29, 0.717) is 41.0 Å².